The van der Waals surface area contributed by atoms with Crippen LogP contribution in [0.2, 0.25) is 0 Å². The molecule has 3 fully saturated rings. The minimum atomic E-state index is -0.0122. The first-order valence-electron chi connectivity index (χ1n) is 12.9. The number of methoxy groups -OCH3 is 1. The van der Waals surface area contributed by atoms with Crippen LogP contribution in [0.15, 0.2) is 36.5 Å². The van der Waals surface area contributed by atoms with E-state index in [4.69, 9.17) is 9.84 Å². The molecule has 4 aromatic rings. The molecular formula is C28H31N5O2. The second-order valence-electron chi connectivity index (χ2n) is 10.8. The number of nitrogens with zero attached hydrogens (tertiary/aromatic N) is 5. The molecule has 1 saturated heterocycles. The number of likely N-dealkylation sites (tertiary alicyclic amines) is 1. The average molecular weight is 470 g/mol. The van der Waals surface area contributed by atoms with Gasteiger partial charge in [0.25, 0.3) is 5.91 Å². The Hall–Kier alpha value is -3.35. The Morgan fingerprint density at radius 3 is 2.71 bits per heavy atom. The normalized spacial score (nSPS) is 23.6. The Bertz CT molecular complexity index is 1480. The van der Waals surface area contributed by atoms with E-state index in [1.165, 1.54) is 30.2 Å². The molecule has 180 valence electrons. The first kappa shape index (κ1) is 21.0. The molecule has 2 saturated carbocycles. The highest BCUT2D eigenvalue weighted by Crippen LogP contribution is 2.43. The zero-order valence-corrected chi connectivity index (χ0v) is 20.6. The Labute approximate surface area is 204 Å². The van der Waals surface area contributed by atoms with Gasteiger partial charge in [-0.3, -0.25) is 4.79 Å². The molecule has 0 radical (unpaired) electrons. The zero-order valence-electron chi connectivity index (χ0n) is 20.6. The summed E-state index contributed by atoms with van der Waals surface area (Å²) in [6.07, 6.45) is 6.68. The lowest BCUT2D eigenvalue weighted by atomic mass is 10.0. The van der Waals surface area contributed by atoms with Crippen molar-refractivity contribution in [1.82, 2.24) is 24.1 Å². The number of hydrogen-bond acceptors (Lipinski definition) is 4. The molecule has 2 unspecified atom stereocenters. The van der Waals surface area contributed by atoms with Crippen LogP contribution < -0.4 is 4.74 Å². The van der Waals surface area contributed by atoms with Crippen molar-refractivity contribution >= 4 is 22.3 Å². The van der Waals surface area contributed by atoms with Crippen molar-refractivity contribution in [3.8, 4) is 17.3 Å². The number of amides is 1. The summed E-state index contributed by atoms with van der Waals surface area (Å²) in [7, 11) is 1.62. The van der Waals surface area contributed by atoms with E-state index < -0.39 is 0 Å². The molecule has 3 atom stereocenters. The molecule has 4 heterocycles. The molecule has 35 heavy (non-hydrogen) atoms. The Kier molecular flexibility index (Phi) is 4.54. The lowest BCUT2D eigenvalue weighted by molar-refractivity contribution is 0.0688. The number of ether oxygens (including phenoxy) is 1. The van der Waals surface area contributed by atoms with Gasteiger partial charge in [0.1, 0.15) is 11.2 Å². The number of benzene rings is 1. The first-order chi connectivity index (χ1) is 17.0. The minimum Gasteiger partial charge on any atom is -0.479 e. The summed E-state index contributed by atoms with van der Waals surface area (Å²) in [5.74, 6) is 2.36. The molecule has 2 aliphatic carbocycles. The van der Waals surface area contributed by atoms with Crippen LogP contribution in [0.25, 0.3) is 27.8 Å². The molecular weight excluding hydrogens is 438 g/mol. The Morgan fingerprint density at radius 1 is 1.17 bits per heavy atom. The molecule has 7 nitrogen and oxygen atoms in total. The van der Waals surface area contributed by atoms with Crippen LogP contribution in [0.5, 0.6) is 5.88 Å². The van der Waals surface area contributed by atoms with Crippen molar-refractivity contribution in [2.75, 3.05) is 13.7 Å². The number of para-hydroxylation sites is 1. The van der Waals surface area contributed by atoms with E-state index in [2.05, 4.69) is 53.7 Å². The largest absolute Gasteiger partial charge is 0.479 e. The molecule has 1 aromatic carbocycles. The second kappa shape index (κ2) is 7.57. The summed E-state index contributed by atoms with van der Waals surface area (Å²) in [5.41, 5.74) is 5.51. The SMILES string of the molecule is COc1nc(C(=O)N2CC3CCC2[C@@H]3C)cn2nc(-c3cc4ccccc4n3CC3CC3)c(C)c12. The van der Waals surface area contributed by atoms with Gasteiger partial charge in [-0.25, -0.2) is 9.50 Å². The first-order valence-corrected chi connectivity index (χ1v) is 12.9. The monoisotopic (exact) mass is 469 g/mol. The summed E-state index contributed by atoms with van der Waals surface area (Å²) in [5, 5.41) is 6.23. The predicted octanol–water partition coefficient (Wildman–Crippen LogP) is 4.95. The fraction of sp³-hybridized carbons (Fsp3) is 0.464. The summed E-state index contributed by atoms with van der Waals surface area (Å²) >= 11 is 0. The third-order valence-electron chi connectivity index (χ3n) is 8.70. The number of carbonyl (C=O) groups is 1. The lowest BCUT2D eigenvalue weighted by Crippen LogP contribution is -2.39. The predicted molar refractivity (Wildman–Crippen MR) is 135 cm³/mol. The smallest absolute Gasteiger partial charge is 0.274 e. The van der Waals surface area contributed by atoms with Gasteiger partial charge in [-0.2, -0.15) is 5.10 Å². The van der Waals surface area contributed by atoms with Crippen LogP contribution in [0.1, 0.15) is 48.7 Å². The molecule has 0 spiro atoms. The summed E-state index contributed by atoms with van der Waals surface area (Å²) in [4.78, 5) is 20.2. The topological polar surface area (TPSA) is 64.7 Å². The van der Waals surface area contributed by atoms with Crippen LogP contribution in [-0.2, 0) is 6.54 Å². The van der Waals surface area contributed by atoms with E-state index in [0.29, 0.717) is 29.5 Å². The highest BCUT2D eigenvalue weighted by molar-refractivity contribution is 5.94. The molecule has 7 heteroatoms. The van der Waals surface area contributed by atoms with E-state index in [1.54, 1.807) is 17.8 Å². The van der Waals surface area contributed by atoms with Crippen LogP contribution >= 0.6 is 0 Å². The average Bonchev–Trinajstić information content (AvgIpc) is 3.27. The standard InChI is InChI=1S/C28H31N5O2/c1-16-20-10-11-22(16)32(14-20)28(34)21-15-33-26(27(29-21)35-3)17(2)25(30-33)24-12-19-6-4-5-7-23(19)31(24)13-18-8-9-18/h4-7,12,15-16,18,20,22H,8-11,13-14H2,1-3H3/t16-,20?,22?/m1/s1. The van der Waals surface area contributed by atoms with Gasteiger partial charge in [0.05, 0.1) is 19.0 Å². The summed E-state index contributed by atoms with van der Waals surface area (Å²) in [6.45, 7) is 6.18. The van der Waals surface area contributed by atoms with Gasteiger partial charge in [-0.05, 0) is 62.5 Å². The Balaban J connectivity index is 1.35. The van der Waals surface area contributed by atoms with Gasteiger partial charge in [0, 0.05) is 35.6 Å². The van der Waals surface area contributed by atoms with Crippen molar-refractivity contribution in [3.63, 3.8) is 0 Å². The van der Waals surface area contributed by atoms with Gasteiger partial charge in [0.15, 0.2) is 5.69 Å². The molecule has 2 bridgehead atoms. The zero-order chi connectivity index (χ0) is 23.8. The number of carbonyl (C=O) groups excluding carboxylic acids is 1. The van der Waals surface area contributed by atoms with Gasteiger partial charge >= 0.3 is 0 Å². The van der Waals surface area contributed by atoms with Crippen LogP contribution in [-0.4, -0.2) is 49.7 Å². The van der Waals surface area contributed by atoms with Crippen molar-refractivity contribution in [3.05, 3.63) is 47.8 Å². The molecule has 3 aromatic heterocycles. The number of piperidine rings is 1. The maximum absolute atomic E-state index is 13.5. The highest BCUT2D eigenvalue weighted by atomic mass is 16.5. The van der Waals surface area contributed by atoms with Crippen LogP contribution in [0.3, 0.4) is 0 Å². The van der Waals surface area contributed by atoms with Crippen molar-refractivity contribution in [2.45, 2.75) is 52.1 Å². The second-order valence-corrected chi connectivity index (χ2v) is 10.8. The quantitative estimate of drug-likeness (QED) is 0.415. The number of fused-ring (bicyclic) bond motifs is 4. The van der Waals surface area contributed by atoms with E-state index in [-0.39, 0.29) is 5.91 Å². The third-order valence-corrected chi connectivity index (χ3v) is 8.70. The fourth-order valence-electron chi connectivity index (χ4n) is 6.52. The molecule has 0 N–H and O–H groups in total. The Morgan fingerprint density at radius 2 is 2.00 bits per heavy atom. The van der Waals surface area contributed by atoms with Crippen LogP contribution in [0, 0.1) is 24.7 Å². The number of aromatic nitrogens is 4. The van der Waals surface area contributed by atoms with E-state index in [0.717, 1.165) is 47.9 Å². The van der Waals surface area contributed by atoms with E-state index >= 15 is 0 Å². The van der Waals surface area contributed by atoms with E-state index in [1.807, 2.05) is 4.90 Å². The van der Waals surface area contributed by atoms with Crippen molar-refractivity contribution in [2.24, 2.45) is 17.8 Å². The van der Waals surface area contributed by atoms with E-state index in [9.17, 15) is 4.79 Å². The summed E-state index contributed by atoms with van der Waals surface area (Å²) < 4.78 is 9.93. The van der Waals surface area contributed by atoms with Gasteiger partial charge in [-0.15, -0.1) is 0 Å². The summed E-state index contributed by atoms with van der Waals surface area (Å²) in [6, 6.07) is 11.1. The third kappa shape index (κ3) is 3.13. The van der Waals surface area contributed by atoms with Gasteiger partial charge < -0.3 is 14.2 Å². The highest BCUT2D eigenvalue weighted by Gasteiger charge is 2.46. The fourth-order valence-corrected chi connectivity index (χ4v) is 6.52. The van der Waals surface area contributed by atoms with Crippen molar-refractivity contribution in [1.29, 1.82) is 0 Å². The minimum absolute atomic E-state index is 0.0122. The van der Waals surface area contributed by atoms with Gasteiger partial charge in [0.2, 0.25) is 5.88 Å². The number of hydrogen-bond donors (Lipinski definition) is 0. The number of rotatable bonds is 5. The molecule has 3 aliphatic rings. The number of aryl methyl sites for hydroxylation is 1. The van der Waals surface area contributed by atoms with Crippen molar-refractivity contribution < 1.29 is 9.53 Å². The lowest BCUT2D eigenvalue weighted by Gasteiger charge is -2.27. The van der Waals surface area contributed by atoms with Crippen LogP contribution in [0.4, 0.5) is 0 Å². The van der Waals surface area contributed by atoms with Gasteiger partial charge in [-0.1, -0.05) is 25.1 Å². The maximum Gasteiger partial charge on any atom is 0.274 e. The molecule has 1 aliphatic heterocycles. The maximum atomic E-state index is 13.5. The molecule has 1 amide bonds. The molecule has 7 rings (SSSR count).